The zero-order valence-corrected chi connectivity index (χ0v) is 11.1. The van der Waals surface area contributed by atoms with E-state index in [2.05, 4.69) is 13.8 Å². The summed E-state index contributed by atoms with van der Waals surface area (Å²) in [5, 5.41) is 0. The molecule has 0 amide bonds. The van der Waals surface area contributed by atoms with E-state index in [0.29, 0.717) is 0 Å². The normalized spacial score (nSPS) is 22.0. The second-order valence-corrected chi connectivity index (χ2v) is 8.56. The van der Waals surface area contributed by atoms with Crippen LogP contribution in [0, 0.1) is 0 Å². The summed E-state index contributed by atoms with van der Waals surface area (Å²) < 4.78 is 12.4. The first kappa shape index (κ1) is 11.6. The van der Waals surface area contributed by atoms with Gasteiger partial charge in [-0.2, -0.15) is 0 Å². The molecule has 0 N–H and O–H groups in total. The molecule has 88 valence electrons. The summed E-state index contributed by atoms with van der Waals surface area (Å²) in [4.78, 5) is 0. The molecule has 0 radical (unpaired) electrons. The SMILES string of the molecule is CCCCO[Si](OCC)(C1CC1)C1CC1. The van der Waals surface area contributed by atoms with Gasteiger partial charge < -0.3 is 8.85 Å². The van der Waals surface area contributed by atoms with E-state index in [1.165, 1.54) is 38.5 Å². The van der Waals surface area contributed by atoms with Gasteiger partial charge in [0.1, 0.15) is 0 Å². The standard InChI is InChI=1S/C12H24O2Si/c1-3-5-10-14-15(13-4-2,11-6-7-11)12-8-9-12/h11-12H,3-10H2,1-2H3. The van der Waals surface area contributed by atoms with Crippen LogP contribution in [0.2, 0.25) is 11.1 Å². The van der Waals surface area contributed by atoms with Crippen molar-refractivity contribution in [2.45, 2.75) is 63.5 Å². The van der Waals surface area contributed by atoms with Crippen LogP contribution in [0.4, 0.5) is 0 Å². The maximum atomic E-state index is 6.28. The van der Waals surface area contributed by atoms with Gasteiger partial charge in [0.05, 0.1) is 0 Å². The molecule has 0 atom stereocenters. The molecule has 0 aromatic rings. The lowest BCUT2D eigenvalue weighted by Crippen LogP contribution is -2.44. The van der Waals surface area contributed by atoms with Gasteiger partial charge in [-0.25, -0.2) is 0 Å². The molecule has 2 fully saturated rings. The van der Waals surface area contributed by atoms with Crippen LogP contribution < -0.4 is 0 Å². The quantitative estimate of drug-likeness (QED) is 0.467. The van der Waals surface area contributed by atoms with Gasteiger partial charge in [-0.15, -0.1) is 0 Å². The van der Waals surface area contributed by atoms with Crippen LogP contribution in [0.25, 0.3) is 0 Å². The lowest BCUT2D eigenvalue weighted by atomic mass is 10.4. The van der Waals surface area contributed by atoms with Crippen LogP contribution in [0.15, 0.2) is 0 Å². The molecule has 2 rings (SSSR count). The van der Waals surface area contributed by atoms with E-state index in [-0.39, 0.29) is 0 Å². The van der Waals surface area contributed by atoms with Gasteiger partial charge in [0.15, 0.2) is 0 Å². The van der Waals surface area contributed by atoms with Crippen molar-refractivity contribution in [1.29, 1.82) is 0 Å². The average Bonchev–Trinajstić information content (AvgIpc) is 3.04. The zero-order valence-electron chi connectivity index (χ0n) is 10.1. The predicted octanol–water partition coefficient (Wildman–Crippen LogP) is 3.61. The molecule has 3 heteroatoms. The molecule has 2 nitrogen and oxygen atoms in total. The molecule has 0 bridgehead atoms. The Kier molecular flexibility index (Phi) is 3.86. The van der Waals surface area contributed by atoms with E-state index < -0.39 is 8.56 Å². The summed E-state index contributed by atoms with van der Waals surface area (Å²) in [5.41, 5.74) is 1.67. The Morgan fingerprint density at radius 2 is 1.60 bits per heavy atom. The lowest BCUT2D eigenvalue weighted by molar-refractivity contribution is 0.168. The lowest BCUT2D eigenvalue weighted by Gasteiger charge is -2.30. The molecule has 2 aliphatic rings. The number of hydrogen-bond acceptors (Lipinski definition) is 2. The smallest absolute Gasteiger partial charge is 0.344 e. The Bertz CT molecular complexity index is 188. The third kappa shape index (κ3) is 2.63. The minimum atomic E-state index is -1.77. The van der Waals surface area contributed by atoms with Gasteiger partial charge in [-0.1, -0.05) is 13.3 Å². The second-order valence-electron chi connectivity index (χ2n) is 4.90. The molecule has 0 aromatic heterocycles. The van der Waals surface area contributed by atoms with E-state index in [9.17, 15) is 0 Å². The van der Waals surface area contributed by atoms with E-state index in [1.807, 2.05) is 0 Å². The molecular formula is C12H24O2Si. The summed E-state index contributed by atoms with van der Waals surface area (Å²) in [5.74, 6) is 0. The van der Waals surface area contributed by atoms with Crippen molar-refractivity contribution in [1.82, 2.24) is 0 Å². The summed E-state index contributed by atoms with van der Waals surface area (Å²) >= 11 is 0. The fraction of sp³-hybridized carbons (Fsp3) is 1.00. The number of hydrogen-bond donors (Lipinski definition) is 0. The minimum absolute atomic E-state index is 0.835. The zero-order chi connectivity index (χ0) is 10.7. The van der Waals surface area contributed by atoms with E-state index in [0.717, 1.165) is 24.3 Å². The largest absolute Gasteiger partial charge is 0.394 e. The second kappa shape index (κ2) is 4.98. The fourth-order valence-electron chi connectivity index (χ4n) is 2.42. The summed E-state index contributed by atoms with van der Waals surface area (Å²) in [7, 11) is -1.77. The molecule has 15 heavy (non-hydrogen) atoms. The third-order valence-corrected chi connectivity index (χ3v) is 8.31. The van der Waals surface area contributed by atoms with Gasteiger partial charge in [-0.3, -0.25) is 0 Å². The minimum Gasteiger partial charge on any atom is -0.394 e. The monoisotopic (exact) mass is 228 g/mol. The highest BCUT2D eigenvalue weighted by Gasteiger charge is 2.60. The van der Waals surface area contributed by atoms with Crippen molar-refractivity contribution in [3.8, 4) is 0 Å². The van der Waals surface area contributed by atoms with Crippen LogP contribution in [0.3, 0.4) is 0 Å². The Hall–Kier alpha value is 0.137. The van der Waals surface area contributed by atoms with Gasteiger partial charge in [-0.05, 0) is 39.0 Å². The third-order valence-electron chi connectivity index (χ3n) is 3.49. The average molecular weight is 228 g/mol. The summed E-state index contributed by atoms with van der Waals surface area (Å²) in [6, 6.07) is 0. The van der Waals surface area contributed by atoms with Crippen LogP contribution in [-0.4, -0.2) is 21.8 Å². The van der Waals surface area contributed by atoms with Gasteiger partial charge in [0.2, 0.25) is 0 Å². The maximum absolute atomic E-state index is 6.28. The van der Waals surface area contributed by atoms with Crippen molar-refractivity contribution < 1.29 is 8.85 Å². The van der Waals surface area contributed by atoms with Gasteiger partial charge in [0.25, 0.3) is 0 Å². The molecule has 0 heterocycles. The molecule has 0 aromatic carbocycles. The fourth-order valence-corrected chi connectivity index (χ4v) is 6.97. The molecule has 2 saturated carbocycles. The van der Waals surface area contributed by atoms with Crippen molar-refractivity contribution in [3.63, 3.8) is 0 Å². The van der Waals surface area contributed by atoms with E-state index >= 15 is 0 Å². The van der Waals surface area contributed by atoms with Crippen LogP contribution in [0.5, 0.6) is 0 Å². The van der Waals surface area contributed by atoms with Crippen LogP contribution in [0.1, 0.15) is 52.4 Å². The molecule has 2 aliphatic carbocycles. The molecule has 0 saturated heterocycles. The van der Waals surface area contributed by atoms with E-state index in [1.54, 1.807) is 0 Å². The number of rotatable bonds is 8. The summed E-state index contributed by atoms with van der Waals surface area (Å²) in [6.07, 6.45) is 7.90. The molecule has 0 unspecified atom stereocenters. The summed E-state index contributed by atoms with van der Waals surface area (Å²) in [6.45, 7) is 6.14. The van der Waals surface area contributed by atoms with Crippen molar-refractivity contribution in [3.05, 3.63) is 0 Å². The van der Waals surface area contributed by atoms with Gasteiger partial charge >= 0.3 is 8.56 Å². The van der Waals surface area contributed by atoms with Crippen molar-refractivity contribution in [2.75, 3.05) is 13.2 Å². The highest BCUT2D eigenvalue weighted by molar-refractivity contribution is 6.72. The number of unbranched alkanes of at least 4 members (excludes halogenated alkanes) is 1. The van der Waals surface area contributed by atoms with E-state index in [4.69, 9.17) is 8.85 Å². The Labute approximate surface area is 94.6 Å². The van der Waals surface area contributed by atoms with Crippen molar-refractivity contribution in [2.24, 2.45) is 0 Å². The Morgan fingerprint density at radius 1 is 1.00 bits per heavy atom. The van der Waals surface area contributed by atoms with Gasteiger partial charge in [0, 0.05) is 24.3 Å². The first-order chi connectivity index (χ1) is 7.33. The first-order valence-corrected chi connectivity index (χ1v) is 8.58. The first-order valence-electron chi connectivity index (χ1n) is 6.61. The maximum Gasteiger partial charge on any atom is 0.344 e. The highest BCUT2D eigenvalue weighted by Crippen LogP contribution is 2.59. The Balaban J connectivity index is 1.92. The van der Waals surface area contributed by atoms with Crippen LogP contribution in [-0.2, 0) is 8.85 Å². The predicted molar refractivity (Wildman–Crippen MR) is 64.2 cm³/mol. The molecule has 0 spiro atoms. The molecular weight excluding hydrogens is 204 g/mol. The topological polar surface area (TPSA) is 18.5 Å². The van der Waals surface area contributed by atoms with Crippen LogP contribution >= 0.6 is 0 Å². The highest BCUT2D eigenvalue weighted by atomic mass is 28.4. The molecule has 0 aliphatic heterocycles. The van der Waals surface area contributed by atoms with Crippen molar-refractivity contribution >= 4 is 8.56 Å². The Morgan fingerprint density at radius 3 is 2.00 bits per heavy atom.